The second-order valence-corrected chi connectivity index (χ2v) is 8.79. The van der Waals surface area contributed by atoms with Crippen molar-refractivity contribution in [2.45, 2.75) is 52.5 Å². The maximum atomic E-state index is 12.8. The molecule has 0 bridgehead atoms. The molecule has 0 aliphatic carbocycles. The molecule has 2 aromatic rings. The van der Waals surface area contributed by atoms with Gasteiger partial charge in [0, 0.05) is 12.2 Å². The third kappa shape index (κ3) is 5.49. The number of fused-ring (bicyclic) bond motifs is 1. The summed E-state index contributed by atoms with van der Waals surface area (Å²) in [7, 11) is 0. The molecule has 2 aromatic carbocycles. The molecule has 0 aromatic heterocycles. The highest BCUT2D eigenvalue weighted by Crippen LogP contribution is 2.35. The molecular formula is C26H33N3O3. The summed E-state index contributed by atoms with van der Waals surface area (Å²) in [5.41, 5.74) is 3.71. The van der Waals surface area contributed by atoms with Gasteiger partial charge in [0.25, 0.3) is 5.91 Å². The smallest absolute Gasteiger partial charge is 0.319 e. The lowest BCUT2D eigenvalue weighted by Gasteiger charge is -2.30. The van der Waals surface area contributed by atoms with Crippen LogP contribution in [0.25, 0.3) is 5.57 Å². The number of hydrogen-bond acceptors (Lipinski definition) is 3. The van der Waals surface area contributed by atoms with Gasteiger partial charge in [0.1, 0.15) is 5.75 Å². The lowest BCUT2D eigenvalue weighted by molar-refractivity contribution is -0.121. The van der Waals surface area contributed by atoms with E-state index in [1.807, 2.05) is 45.0 Å². The number of amides is 3. The SMILES string of the molecule is C=C(C)c1cccc(C(C)(C)NC(=O)Nc2ccc3c(c2)N(CCCCC)C(=O)CO3)c1. The second kappa shape index (κ2) is 9.90. The molecule has 0 radical (unpaired) electrons. The van der Waals surface area contributed by atoms with E-state index in [-0.39, 0.29) is 18.5 Å². The van der Waals surface area contributed by atoms with Gasteiger partial charge >= 0.3 is 6.03 Å². The Bertz CT molecular complexity index is 1010. The van der Waals surface area contributed by atoms with Gasteiger partial charge in [-0.3, -0.25) is 4.79 Å². The van der Waals surface area contributed by atoms with Gasteiger partial charge in [-0.2, -0.15) is 0 Å². The first-order valence-corrected chi connectivity index (χ1v) is 11.1. The van der Waals surface area contributed by atoms with Gasteiger partial charge in [0.2, 0.25) is 0 Å². The average molecular weight is 436 g/mol. The highest BCUT2D eigenvalue weighted by Gasteiger charge is 2.27. The van der Waals surface area contributed by atoms with E-state index in [2.05, 4.69) is 24.1 Å². The standard InChI is InChI=1S/C26H33N3O3/c1-6-7-8-14-29-22-16-21(12-13-23(22)32-17-24(29)30)27-25(31)28-26(4,5)20-11-9-10-19(15-20)18(2)3/h9-13,15-16H,2,6-8,14,17H2,1,3-5H3,(H2,27,28,31). The number of carbonyl (C=O) groups is 2. The Hall–Kier alpha value is -3.28. The lowest BCUT2D eigenvalue weighted by Crippen LogP contribution is -2.43. The van der Waals surface area contributed by atoms with Crippen LogP contribution in [0.2, 0.25) is 0 Å². The van der Waals surface area contributed by atoms with Crippen LogP contribution >= 0.6 is 0 Å². The fourth-order valence-electron chi connectivity index (χ4n) is 3.74. The number of ether oxygens (including phenoxy) is 1. The molecule has 3 rings (SSSR count). The summed E-state index contributed by atoms with van der Waals surface area (Å²) in [6, 6.07) is 13.1. The van der Waals surface area contributed by atoms with Crippen LogP contribution in [-0.4, -0.2) is 25.1 Å². The lowest BCUT2D eigenvalue weighted by atomic mass is 9.92. The van der Waals surface area contributed by atoms with Crippen molar-refractivity contribution in [2.24, 2.45) is 0 Å². The van der Waals surface area contributed by atoms with E-state index in [0.29, 0.717) is 23.7 Å². The molecular weight excluding hydrogens is 402 g/mol. The Morgan fingerprint density at radius 3 is 2.69 bits per heavy atom. The van der Waals surface area contributed by atoms with Crippen LogP contribution in [0.5, 0.6) is 5.75 Å². The minimum absolute atomic E-state index is 0.0455. The van der Waals surface area contributed by atoms with Gasteiger partial charge in [-0.25, -0.2) is 4.79 Å². The number of benzene rings is 2. The largest absolute Gasteiger partial charge is 0.482 e. The molecule has 0 spiro atoms. The van der Waals surface area contributed by atoms with Crippen molar-refractivity contribution in [2.75, 3.05) is 23.4 Å². The summed E-state index contributed by atoms with van der Waals surface area (Å²) >= 11 is 0. The molecule has 2 N–H and O–H groups in total. The maximum Gasteiger partial charge on any atom is 0.319 e. The van der Waals surface area contributed by atoms with Gasteiger partial charge in [-0.1, -0.05) is 50.1 Å². The highest BCUT2D eigenvalue weighted by molar-refractivity contribution is 5.99. The number of hydrogen-bond donors (Lipinski definition) is 2. The molecule has 1 aliphatic heterocycles. The Morgan fingerprint density at radius 2 is 1.97 bits per heavy atom. The van der Waals surface area contributed by atoms with Crippen molar-refractivity contribution < 1.29 is 14.3 Å². The predicted octanol–water partition coefficient (Wildman–Crippen LogP) is 5.69. The topological polar surface area (TPSA) is 70.7 Å². The monoisotopic (exact) mass is 435 g/mol. The highest BCUT2D eigenvalue weighted by atomic mass is 16.5. The first-order chi connectivity index (χ1) is 15.2. The molecule has 0 saturated heterocycles. The van der Waals surface area contributed by atoms with E-state index in [1.165, 1.54) is 0 Å². The summed E-state index contributed by atoms with van der Waals surface area (Å²) in [6.45, 7) is 12.7. The fraction of sp³-hybridized carbons (Fsp3) is 0.385. The van der Waals surface area contributed by atoms with E-state index in [0.717, 1.165) is 36.0 Å². The van der Waals surface area contributed by atoms with Crippen molar-refractivity contribution in [1.29, 1.82) is 0 Å². The van der Waals surface area contributed by atoms with Crippen LogP contribution in [0.4, 0.5) is 16.2 Å². The minimum Gasteiger partial charge on any atom is -0.482 e. The zero-order chi connectivity index (χ0) is 23.3. The van der Waals surface area contributed by atoms with Gasteiger partial charge in [-0.15, -0.1) is 0 Å². The van der Waals surface area contributed by atoms with E-state index < -0.39 is 5.54 Å². The third-order valence-electron chi connectivity index (χ3n) is 5.65. The van der Waals surface area contributed by atoms with Gasteiger partial charge in [-0.05, 0) is 62.6 Å². The molecule has 0 unspecified atom stereocenters. The van der Waals surface area contributed by atoms with E-state index >= 15 is 0 Å². The van der Waals surface area contributed by atoms with E-state index in [1.54, 1.807) is 23.1 Å². The van der Waals surface area contributed by atoms with Crippen LogP contribution in [0.15, 0.2) is 49.0 Å². The molecule has 0 fully saturated rings. The maximum absolute atomic E-state index is 12.8. The number of rotatable bonds is 8. The zero-order valence-corrected chi connectivity index (χ0v) is 19.5. The van der Waals surface area contributed by atoms with Crippen molar-refractivity contribution in [3.63, 3.8) is 0 Å². The number of nitrogens with one attached hydrogen (secondary N) is 2. The fourth-order valence-corrected chi connectivity index (χ4v) is 3.74. The predicted molar refractivity (Wildman–Crippen MR) is 130 cm³/mol. The molecule has 3 amide bonds. The molecule has 1 heterocycles. The van der Waals surface area contributed by atoms with Crippen molar-refractivity contribution in [3.05, 3.63) is 60.2 Å². The van der Waals surface area contributed by atoms with Crippen LogP contribution in [0, 0.1) is 0 Å². The van der Waals surface area contributed by atoms with Crippen LogP contribution in [0.3, 0.4) is 0 Å². The Kier molecular flexibility index (Phi) is 7.23. The average Bonchev–Trinajstić information content (AvgIpc) is 2.75. The number of unbranched alkanes of at least 4 members (excludes halogenated alkanes) is 2. The number of anilines is 2. The van der Waals surface area contributed by atoms with Crippen LogP contribution in [0.1, 0.15) is 58.1 Å². The summed E-state index contributed by atoms with van der Waals surface area (Å²) in [5, 5.41) is 5.93. The number of nitrogens with zero attached hydrogens (tertiary/aromatic N) is 1. The number of urea groups is 1. The van der Waals surface area contributed by atoms with E-state index in [4.69, 9.17) is 4.74 Å². The summed E-state index contributed by atoms with van der Waals surface area (Å²) < 4.78 is 5.57. The minimum atomic E-state index is -0.588. The Labute approximate surface area is 190 Å². The summed E-state index contributed by atoms with van der Waals surface area (Å²) in [4.78, 5) is 26.9. The molecule has 32 heavy (non-hydrogen) atoms. The van der Waals surface area contributed by atoms with Crippen LogP contribution < -0.4 is 20.3 Å². The number of allylic oxidation sites excluding steroid dienone is 1. The Balaban J connectivity index is 1.73. The Morgan fingerprint density at radius 1 is 1.19 bits per heavy atom. The molecule has 6 heteroatoms. The zero-order valence-electron chi connectivity index (χ0n) is 19.5. The molecule has 1 aliphatic rings. The first-order valence-electron chi connectivity index (χ1n) is 11.1. The summed E-state index contributed by atoms with van der Waals surface area (Å²) in [6.07, 6.45) is 3.07. The van der Waals surface area contributed by atoms with Gasteiger partial charge in [0.05, 0.1) is 11.2 Å². The first kappa shape index (κ1) is 23.4. The van der Waals surface area contributed by atoms with Crippen LogP contribution in [-0.2, 0) is 10.3 Å². The normalized spacial score (nSPS) is 13.2. The molecule has 170 valence electrons. The summed E-state index contributed by atoms with van der Waals surface area (Å²) in [5.74, 6) is 0.595. The molecule has 0 saturated carbocycles. The molecule has 6 nitrogen and oxygen atoms in total. The second-order valence-electron chi connectivity index (χ2n) is 8.79. The van der Waals surface area contributed by atoms with Crippen molar-refractivity contribution >= 4 is 28.9 Å². The van der Waals surface area contributed by atoms with E-state index in [9.17, 15) is 9.59 Å². The van der Waals surface area contributed by atoms with Gasteiger partial charge in [0.15, 0.2) is 6.61 Å². The van der Waals surface area contributed by atoms with Gasteiger partial charge < -0.3 is 20.3 Å². The molecule has 0 atom stereocenters. The van der Waals surface area contributed by atoms with Crippen molar-refractivity contribution in [1.82, 2.24) is 5.32 Å². The van der Waals surface area contributed by atoms with Crippen molar-refractivity contribution in [3.8, 4) is 5.75 Å². The third-order valence-corrected chi connectivity index (χ3v) is 5.65. The quantitative estimate of drug-likeness (QED) is 0.523. The number of carbonyl (C=O) groups excluding carboxylic acids is 2.